The van der Waals surface area contributed by atoms with Crippen molar-refractivity contribution in [3.63, 3.8) is 0 Å². The number of nitrogens with zero attached hydrogens (tertiary/aromatic N) is 2. The molecule has 0 unspecified atom stereocenters. The van der Waals surface area contributed by atoms with E-state index in [1.165, 1.54) is 17.5 Å². The van der Waals surface area contributed by atoms with Crippen molar-refractivity contribution in [2.75, 3.05) is 11.9 Å². The summed E-state index contributed by atoms with van der Waals surface area (Å²) in [7, 11) is 0. The molecule has 2 heterocycles. The van der Waals surface area contributed by atoms with Crippen LogP contribution in [-0.2, 0) is 6.42 Å². The monoisotopic (exact) mass is 267 g/mol. The van der Waals surface area contributed by atoms with Crippen molar-refractivity contribution in [2.45, 2.75) is 12.3 Å². The lowest BCUT2D eigenvalue weighted by Gasteiger charge is -2.30. The van der Waals surface area contributed by atoms with E-state index in [0.29, 0.717) is 5.92 Å². The lowest BCUT2D eigenvalue weighted by molar-refractivity contribution is 0.635. The number of benzene rings is 1. The molecule has 1 aliphatic carbocycles. The number of anilines is 1. The van der Waals surface area contributed by atoms with Gasteiger partial charge in [0.25, 0.3) is 0 Å². The number of thiophene rings is 1. The van der Waals surface area contributed by atoms with Gasteiger partial charge in [-0.3, -0.25) is 0 Å². The number of aromatic nitrogens is 2. The second-order valence-corrected chi connectivity index (χ2v) is 5.74. The molecule has 3 aromatic rings. The standard InChI is InChI=1S/C15H13N3S/c1-2-4-12-10(3-1)7-11(12)8-16-14-13-5-6-19-15(13)18-9-17-14/h1-6,9,11H,7-8H2,(H,16,17,18)/t11-/m0/s1. The Morgan fingerprint density at radius 2 is 2.16 bits per heavy atom. The quantitative estimate of drug-likeness (QED) is 0.790. The Morgan fingerprint density at radius 3 is 3.11 bits per heavy atom. The Kier molecular flexibility index (Phi) is 2.48. The molecule has 0 amide bonds. The van der Waals surface area contributed by atoms with Crippen molar-refractivity contribution in [3.8, 4) is 0 Å². The van der Waals surface area contributed by atoms with Crippen LogP contribution in [0.15, 0.2) is 42.0 Å². The molecule has 4 heteroatoms. The first-order valence-electron chi connectivity index (χ1n) is 6.42. The maximum Gasteiger partial charge on any atom is 0.138 e. The maximum absolute atomic E-state index is 4.35. The highest BCUT2D eigenvalue weighted by atomic mass is 32.1. The lowest BCUT2D eigenvalue weighted by Crippen LogP contribution is -2.24. The van der Waals surface area contributed by atoms with E-state index in [-0.39, 0.29) is 0 Å². The third-order valence-electron chi connectivity index (χ3n) is 3.74. The lowest BCUT2D eigenvalue weighted by atomic mass is 9.77. The third kappa shape index (κ3) is 1.79. The van der Waals surface area contributed by atoms with E-state index in [4.69, 9.17) is 0 Å². The molecule has 0 bridgehead atoms. The fraction of sp³-hybridized carbons (Fsp3) is 0.200. The van der Waals surface area contributed by atoms with Crippen molar-refractivity contribution in [1.82, 2.24) is 9.97 Å². The van der Waals surface area contributed by atoms with E-state index in [1.807, 2.05) is 0 Å². The van der Waals surface area contributed by atoms with Gasteiger partial charge < -0.3 is 5.32 Å². The van der Waals surface area contributed by atoms with Gasteiger partial charge in [-0.25, -0.2) is 9.97 Å². The summed E-state index contributed by atoms with van der Waals surface area (Å²) in [5, 5.41) is 6.66. The first-order valence-corrected chi connectivity index (χ1v) is 7.29. The summed E-state index contributed by atoms with van der Waals surface area (Å²) < 4.78 is 0. The van der Waals surface area contributed by atoms with Crippen LogP contribution in [0.25, 0.3) is 10.2 Å². The van der Waals surface area contributed by atoms with Crippen LogP contribution in [-0.4, -0.2) is 16.5 Å². The van der Waals surface area contributed by atoms with Crippen LogP contribution in [0.3, 0.4) is 0 Å². The number of hydrogen-bond donors (Lipinski definition) is 1. The van der Waals surface area contributed by atoms with Crippen LogP contribution in [0.4, 0.5) is 5.82 Å². The second kappa shape index (κ2) is 4.31. The first kappa shape index (κ1) is 10.9. The maximum atomic E-state index is 4.35. The fourth-order valence-corrected chi connectivity index (χ4v) is 3.43. The zero-order valence-corrected chi connectivity index (χ0v) is 11.2. The molecular formula is C15H13N3S. The molecule has 0 spiro atoms. The van der Waals surface area contributed by atoms with E-state index in [0.717, 1.165) is 22.6 Å². The first-order chi connectivity index (χ1) is 9.42. The Balaban J connectivity index is 1.53. The Morgan fingerprint density at radius 1 is 1.21 bits per heavy atom. The van der Waals surface area contributed by atoms with Crippen LogP contribution < -0.4 is 5.32 Å². The summed E-state index contributed by atoms with van der Waals surface area (Å²) >= 11 is 1.65. The topological polar surface area (TPSA) is 37.8 Å². The minimum absolute atomic E-state index is 0.611. The Hall–Kier alpha value is -1.94. The van der Waals surface area contributed by atoms with Crippen molar-refractivity contribution in [3.05, 3.63) is 53.2 Å². The van der Waals surface area contributed by atoms with Gasteiger partial charge in [-0.2, -0.15) is 0 Å². The summed E-state index contributed by atoms with van der Waals surface area (Å²) in [6.45, 7) is 0.943. The third-order valence-corrected chi connectivity index (χ3v) is 4.56. The molecule has 1 aromatic carbocycles. The number of hydrogen-bond acceptors (Lipinski definition) is 4. The second-order valence-electron chi connectivity index (χ2n) is 4.84. The van der Waals surface area contributed by atoms with E-state index in [1.54, 1.807) is 17.7 Å². The largest absolute Gasteiger partial charge is 0.369 e. The summed E-state index contributed by atoms with van der Waals surface area (Å²) in [5.41, 5.74) is 2.96. The SMILES string of the molecule is c1ccc2c(c1)C[C@H]2CNc1ncnc2sccc12. The van der Waals surface area contributed by atoms with Crippen LogP contribution in [0, 0.1) is 0 Å². The molecule has 0 saturated heterocycles. The highest BCUT2D eigenvalue weighted by Crippen LogP contribution is 2.35. The van der Waals surface area contributed by atoms with E-state index < -0.39 is 0 Å². The minimum atomic E-state index is 0.611. The summed E-state index contributed by atoms with van der Waals surface area (Å²) in [5.74, 6) is 1.57. The van der Waals surface area contributed by atoms with Gasteiger partial charge in [-0.1, -0.05) is 24.3 Å². The van der Waals surface area contributed by atoms with E-state index >= 15 is 0 Å². The molecule has 4 rings (SSSR count). The predicted octanol–water partition coefficient (Wildman–Crippen LogP) is 3.44. The van der Waals surface area contributed by atoms with Gasteiger partial charge in [0.2, 0.25) is 0 Å². The molecule has 1 N–H and O–H groups in total. The fourth-order valence-electron chi connectivity index (χ4n) is 2.70. The highest BCUT2D eigenvalue weighted by Gasteiger charge is 2.25. The van der Waals surface area contributed by atoms with Crippen molar-refractivity contribution >= 4 is 27.4 Å². The molecule has 2 aromatic heterocycles. The Bertz CT molecular complexity index is 735. The predicted molar refractivity (Wildman–Crippen MR) is 78.8 cm³/mol. The Labute approximate surface area is 115 Å². The molecule has 0 radical (unpaired) electrons. The van der Waals surface area contributed by atoms with Crippen LogP contribution in [0.2, 0.25) is 0 Å². The number of nitrogens with one attached hydrogen (secondary N) is 1. The molecule has 3 nitrogen and oxygen atoms in total. The van der Waals surface area contributed by atoms with Crippen LogP contribution in [0.5, 0.6) is 0 Å². The normalized spacial score (nSPS) is 16.9. The van der Waals surface area contributed by atoms with Crippen molar-refractivity contribution in [1.29, 1.82) is 0 Å². The number of fused-ring (bicyclic) bond motifs is 2. The summed E-state index contributed by atoms with van der Waals surface area (Å²) in [6.07, 6.45) is 2.80. The summed E-state index contributed by atoms with van der Waals surface area (Å²) in [6, 6.07) is 10.8. The van der Waals surface area contributed by atoms with Gasteiger partial charge in [-0.15, -0.1) is 11.3 Å². The molecular weight excluding hydrogens is 254 g/mol. The average molecular weight is 267 g/mol. The van der Waals surface area contributed by atoms with Crippen molar-refractivity contribution < 1.29 is 0 Å². The minimum Gasteiger partial charge on any atom is -0.369 e. The smallest absolute Gasteiger partial charge is 0.138 e. The molecule has 0 aliphatic heterocycles. The van der Waals surface area contributed by atoms with Crippen molar-refractivity contribution in [2.24, 2.45) is 0 Å². The van der Waals surface area contributed by atoms with Gasteiger partial charge >= 0.3 is 0 Å². The molecule has 1 aliphatic rings. The van der Waals surface area contributed by atoms with Gasteiger partial charge in [0, 0.05) is 12.5 Å². The molecule has 19 heavy (non-hydrogen) atoms. The average Bonchev–Trinajstić information content (AvgIpc) is 2.89. The van der Waals surface area contributed by atoms with Gasteiger partial charge in [0.1, 0.15) is 17.0 Å². The van der Waals surface area contributed by atoms with E-state index in [2.05, 4.69) is 51.0 Å². The molecule has 1 atom stereocenters. The van der Waals surface area contributed by atoms with Gasteiger partial charge in [0.15, 0.2) is 0 Å². The summed E-state index contributed by atoms with van der Waals surface area (Å²) in [4.78, 5) is 9.66. The van der Waals surface area contributed by atoms with Gasteiger partial charge in [0.05, 0.1) is 5.39 Å². The van der Waals surface area contributed by atoms with Crippen LogP contribution in [0.1, 0.15) is 17.0 Å². The highest BCUT2D eigenvalue weighted by molar-refractivity contribution is 7.16. The zero-order valence-electron chi connectivity index (χ0n) is 10.3. The van der Waals surface area contributed by atoms with Gasteiger partial charge in [-0.05, 0) is 29.0 Å². The molecule has 0 fully saturated rings. The molecule has 94 valence electrons. The molecule has 0 saturated carbocycles. The van der Waals surface area contributed by atoms with E-state index in [9.17, 15) is 0 Å². The number of rotatable bonds is 3. The van der Waals surface area contributed by atoms with Crippen LogP contribution >= 0.6 is 11.3 Å². The zero-order chi connectivity index (χ0) is 12.7.